The highest BCUT2D eigenvalue weighted by atomic mass is 16.5. The van der Waals surface area contributed by atoms with Crippen molar-refractivity contribution in [2.75, 3.05) is 0 Å². The van der Waals surface area contributed by atoms with Gasteiger partial charge in [0.15, 0.2) is 0 Å². The maximum absolute atomic E-state index is 10.8. The van der Waals surface area contributed by atoms with Crippen LogP contribution in [0.2, 0.25) is 0 Å². The van der Waals surface area contributed by atoms with Crippen molar-refractivity contribution < 1.29 is 58.1 Å². The third-order valence-electron chi connectivity index (χ3n) is 9.15. The minimum atomic E-state index is -0.975. The Morgan fingerprint density at radius 1 is 0.271 bits per heavy atom. The minimum Gasteiger partial charge on any atom is -0.508 e. The van der Waals surface area contributed by atoms with Crippen molar-refractivity contribution in [3.8, 4) is 74.7 Å². The van der Waals surface area contributed by atoms with Crippen LogP contribution in [0.15, 0.2) is 237 Å². The molecule has 3 N–H and O–H groups in total. The number of carboxylic acid groups (broad SMARTS) is 2. The monoisotopic (exact) mass is 936 g/mol. The van der Waals surface area contributed by atoms with Crippen molar-refractivity contribution >= 4 is 18.7 Å². The summed E-state index contributed by atoms with van der Waals surface area (Å²) in [6.45, 7) is 2.00. The predicted molar refractivity (Wildman–Crippen MR) is 268 cm³/mol. The number of carbonyl (C=O) groups excluding carboxylic acids is 1. The van der Waals surface area contributed by atoms with E-state index in [4.69, 9.17) is 43.4 Å². The molecule has 0 fully saturated rings. The molecular weight excluding hydrogens is 889 g/mol. The first-order chi connectivity index (χ1) is 33.7. The number of carboxylic acids is 2. The Kier molecular flexibility index (Phi) is 19.7. The van der Waals surface area contributed by atoms with Gasteiger partial charge in [-0.1, -0.05) is 62.0 Å². The summed E-state index contributed by atoms with van der Waals surface area (Å²) >= 11 is 0. The van der Waals surface area contributed by atoms with E-state index in [1.54, 1.807) is 84.9 Å². The lowest BCUT2D eigenvalue weighted by Gasteiger charge is -2.08. The lowest BCUT2D eigenvalue weighted by Crippen LogP contribution is -1.95. The number of ether oxygens (including phenoxy) is 6. The predicted octanol–water partition coefficient (Wildman–Crippen LogP) is 15.4. The molecule has 0 bridgehead atoms. The first-order valence-electron chi connectivity index (χ1n) is 21.0. The Morgan fingerprint density at radius 3 is 0.614 bits per heavy atom. The van der Waals surface area contributed by atoms with Crippen molar-refractivity contribution in [1.82, 2.24) is 0 Å². The Labute approximate surface area is 405 Å². The molecule has 12 nitrogen and oxygen atoms in total. The Bertz CT molecular complexity index is 2850. The van der Waals surface area contributed by atoms with Crippen LogP contribution in [0.3, 0.4) is 0 Å². The van der Waals surface area contributed by atoms with Crippen LogP contribution < -0.4 is 28.4 Å². The number of rotatable bonds is 14. The molecule has 0 aliphatic carbocycles. The van der Waals surface area contributed by atoms with Gasteiger partial charge in [0.25, 0.3) is 0 Å². The van der Waals surface area contributed by atoms with Gasteiger partial charge >= 0.3 is 11.9 Å². The highest BCUT2D eigenvalue weighted by molar-refractivity contribution is 5.88. The molecular formula is C58H48O12. The van der Waals surface area contributed by atoms with Gasteiger partial charge in [0, 0.05) is 0 Å². The Hall–Kier alpha value is -9.81. The number of benzene rings is 9. The summed E-state index contributed by atoms with van der Waals surface area (Å²) in [4.78, 5) is 29.6. The van der Waals surface area contributed by atoms with Crippen molar-refractivity contribution in [3.63, 3.8) is 0 Å². The number of aromatic carboxylic acids is 2. The van der Waals surface area contributed by atoms with Crippen LogP contribution in [0.4, 0.5) is 0 Å². The molecule has 9 aromatic rings. The van der Waals surface area contributed by atoms with E-state index >= 15 is 0 Å². The molecule has 70 heavy (non-hydrogen) atoms. The van der Waals surface area contributed by atoms with E-state index in [2.05, 4.69) is 0 Å². The molecule has 0 radical (unpaired) electrons. The maximum atomic E-state index is 10.8. The van der Waals surface area contributed by atoms with E-state index in [-0.39, 0.29) is 24.3 Å². The first-order valence-corrected chi connectivity index (χ1v) is 21.0. The van der Waals surface area contributed by atoms with Gasteiger partial charge in [0.1, 0.15) is 81.5 Å². The van der Waals surface area contributed by atoms with Crippen LogP contribution in [-0.4, -0.2) is 34.0 Å². The van der Waals surface area contributed by atoms with Gasteiger partial charge in [0.2, 0.25) is 0 Å². The number of hydrogen-bond donors (Lipinski definition) is 3. The molecule has 0 aromatic heterocycles. The van der Waals surface area contributed by atoms with Crippen LogP contribution in [0.1, 0.15) is 28.1 Å². The highest BCUT2D eigenvalue weighted by Gasteiger charge is 2.06. The summed E-state index contributed by atoms with van der Waals surface area (Å²) in [5.41, 5.74) is 0.434. The fraction of sp³-hybridized carbons (Fsp3) is 0.0172. The zero-order valence-corrected chi connectivity index (χ0v) is 36.7. The summed E-state index contributed by atoms with van der Waals surface area (Å²) in [7, 11) is 0. The molecule has 9 aromatic carbocycles. The van der Waals surface area contributed by atoms with Crippen molar-refractivity contribution in [2.24, 2.45) is 0 Å². The van der Waals surface area contributed by atoms with E-state index in [1.807, 2.05) is 134 Å². The van der Waals surface area contributed by atoms with Gasteiger partial charge in [-0.2, -0.15) is 0 Å². The number of phenols is 1. The second kappa shape index (κ2) is 27.0. The van der Waals surface area contributed by atoms with Gasteiger partial charge < -0.3 is 48.5 Å². The standard InChI is InChI=1S/C19H14O5.C19H14O4.C18H14O2.CH2O.CH4/c20-14-3-7-16(8-4-14)24-18-11-9-17(10-12-18)23-15-5-1-13(2-6-15)19(21)22;20-19(21)14-6-8-16(9-7-14)23-18-12-10-17(11-13-18)22-15-4-2-1-3-5-15;1-3-7-15(8-4-1)19-17-11-13-18(14-12-17)20-16-9-5-2-6-10-16;1-2;/h1-12,20H,(H,21,22);1-13H,(H,20,21);1-14H;1H2;1H4. The largest absolute Gasteiger partial charge is 0.508 e. The third-order valence-corrected chi connectivity index (χ3v) is 9.15. The molecule has 352 valence electrons. The normalized spacial score (nSPS) is 9.71. The fourth-order valence-electron chi connectivity index (χ4n) is 5.85. The van der Waals surface area contributed by atoms with E-state index in [9.17, 15) is 14.7 Å². The van der Waals surface area contributed by atoms with Crippen molar-refractivity contribution in [2.45, 2.75) is 7.43 Å². The van der Waals surface area contributed by atoms with Gasteiger partial charge in [-0.3, -0.25) is 0 Å². The Morgan fingerprint density at radius 2 is 0.429 bits per heavy atom. The number of carbonyl (C=O) groups is 3. The molecule has 12 heteroatoms. The number of aromatic hydroxyl groups is 1. The molecule has 0 atom stereocenters. The summed E-state index contributed by atoms with van der Waals surface area (Å²) in [6, 6.07) is 69.6. The number of phenolic OH excluding ortho intramolecular Hbond substituents is 1. The summed E-state index contributed by atoms with van der Waals surface area (Å²) in [5.74, 6) is 6.58. The van der Waals surface area contributed by atoms with Crippen molar-refractivity contribution in [3.05, 3.63) is 248 Å². The van der Waals surface area contributed by atoms with Crippen LogP contribution in [-0.2, 0) is 4.79 Å². The number of para-hydroxylation sites is 3. The van der Waals surface area contributed by atoms with Crippen LogP contribution in [0.25, 0.3) is 0 Å². The molecule has 0 saturated carbocycles. The molecule has 0 aliphatic rings. The van der Waals surface area contributed by atoms with E-state index < -0.39 is 11.9 Å². The molecule has 0 amide bonds. The first kappa shape index (κ1) is 51.2. The lowest BCUT2D eigenvalue weighted by atomic mass is 10.2. The van der Waals surface area contributed by atoms with E-state index in [0.717, 1.165) is 28.7 Å². The van der Waals surface area contributed by atoms with Crippen LogP contribution >= 0.6 is 0 Å². The summed E-state index contributed by atoms with van der Waals surface area (Å²) < 4.78 is 34.1. The maximum Gasteiger partial charge on any atom is 0.335 e. The highest BCUT2D eigenvalue weighted by Crippen LogP contribution is 2.30. The minimum absolute atomic E-state index is 0. The zero-order valence-electron chi connectivity index (χ0n) is 36.7. The van der Waals surface area contributed by atoms with Gasteiger partial charge in [-0.25, -0.2) is 9.59 Å². The summed E-state index contributed by atoms with van der Waals surface area (Å²) in [5, 5.41) is 27.0. The molecule has 0 unspecified atom stereocenters. The zero-order chi connectivity index (χ0) is 48.6. The lowest BCUT2D eigenvalue weighted by molar-refractivity contribution is -0.0980. The molecule has 0 heterocycles. The SMILES string of the molecule is C.C=O.O=C(O)c1ccc(Oc2ccc(Oc3ccc(O)cc3)cc2)cc1.O=C(O)c1ccc(Oc2ccc(Oc3ccccc3)cc2)cc1.c1ccc(Oc2ccc(Oc3ccccc3)cc2)cc1. The van der Waals surface area contributed by atoms with Crippen LogP contribution in [0.5, 0.6) is 74.7 Å². The summed E-state index contributed by atoms with van der Waals surface area (Å²) in [6.07, 6.45) is 0. The molecule has 0 aliphatic heterocycles. The topological polar surface area (TPSA) is 167 Å². The van der Waals surface area contributed by atoms with Gasteiger partial charge in [0.05, 0.1) is 11.1 Å². The third kappa shape index (κ3) is 16.9. The van der Waals surface area contributed by atoms with Gasteiger partial charge in [-0.15, -0.1) is 0 Å². The average Bonchev–Trinajstić information content (AvgIpc) is 3.39. The van der Waals surface area contributed by atoms with Crippen molar-refractivity contribution in [1.29, 1.82) is 0 Å². The molecule has 9 rings (SSSR count). The van der Waals surface area contributed by atoms with E-state index in [0.29, 0.717) is 40.2 Å². The molecule has 0 spiro atoms. The fourth-order valence-corrected chi connectivity index (χ4v) is 5.85. The number of hydrogen-bond acceptors (Lipinski definition) is 10. The van der Waals surface area contributed by atoms with Gasteiger partial charge in [-0.05, 0) is 182 Å². The Balaban J connectivity index is 0.000000191. The second-order valence-electron chi connectivity index (χ2n) is 14.1. The van der Waals surface area contributed by atoms with E-state index in [1.165, 1.54) is 24.3 Å². The smallest absolute Gasteiger partial charge is 0.335 e. The molecule has 0 saturated heterocycles. The quantitative estimate of drug-likeness (QED) is 0.0945. The second-order valence-corrected chi connectivity index (χ2v) is 14.1. The average molecular weight is 937 g/mol. The van der Waals surface area contributed by atoms with Crippen LogP contribution in [0, 0.1) is 0 Å².